The molecule has 0 saturated carbocycles. The Morgan fingerprint density at radius 3 is 2.15 bits per heavy atom. The Morgan fingerprint density at radius 1 is 0.963 bits per heavy atom. The summed E-state index contributed by atoms with van der Waals surface area (Å²) in [6, 6.07) is 12.6. The smallest absolute Gasteiger partial charge is 0.329 e. The molecule has 0 fully saturated rings. The van der Waals surface area contributed by atoms with E-state index in [-0.39, 0.29) is 6.54 Å². The zero-order valence-corrected chi connectivity index (χ0v) is 15.3. The Balaban J connectivity index is 1.95. The number of nitrogens with zero attached hydrogens (tertiary/aromatic N) is 1. The topological polar surface area (TPSA) is 98.2 Å². The van der Waals surface area contributed by atoms with Crippen molar-refractivity contribution in [3.63, 3.8) is 0 Å². The molecule has 2 rings (SSSR count). The second kappa shape index (κ2) is 9.81. The monoisotopic (exact) mass is 371 g/mol. The summed E-state index contributed by atoms with van der Waals surface area (Å²) in [5, 5.41) is 6.30. The average molecular weight is 371 g/mol. The quantitative estimate of drug-likeness (QED) is 0.436. The zero-order valence-electron chi connectivity index (χ0n) is 15.3. The molecule has 2 aromatic rings. The maximum atomic E-state index is 11.8. The summed E-state index contributed by atoms with van der Waals surface area (Å²) in [6.45, 7) is 0.254. The van der Waals surface area contributed by atoms with Gasteiger partial charge in [0.05, 0.1) is 27.5 Å². The molecular weight excluding hydrogens is 350 g/mol. The number of benzene rings is 2. The highest BCUT2D eigenvalue weighted by Crippen LogP contribution is 2.37. The van der Waals surface area contributed by atoms with E-state index in [1.54, 1.807) is 12.1 Å². The molecule has 2 aromatic carbocycles. The van der Waals surface area contributed by atoms with Crippen LogP contribution in [0.4, 0.5) is 0 Å². The van der Waals surface area contributed by atoms with Gasteiger partial charge >= 0.3 is 11.8 Å². The van der Waals surface area contributed by atoms with Gasteiger partial charge in [-0.3, -0.25) is 9.59 Å². The van der Waals surface area contributed by atoms with Crippen LogP contribution in [-0.2, 0) is 16.1 Å². The predicted molar refractivity (Wildman–Crippen MR) is 100 cm³/mol. The number of nitrogens with one attached hydrogen (secondary N) is 2. The highest BCUT2D eigenvalue weighted by atomic mass is 16.5. The number of carbonyl (C=O) groups excluding carboxylic acids is 2. The van der Waals surface area contributed by atoms with Crippen molar-refractivity contribution >= 4 is 18.0 Å². The first-order chi connectivity index (χ1) is 13.1. The molecule has 0 bridgehead atoms. The molecular formula is C19H21N3O5. The molecule has 0 aliphatic carbocycles. The van der Waals surface area contributed by atoms with Crippen LogP contribution in [-0.4, -0.2) is 39.4 Å². The van der Waals surface area contributed by atoms with Gasteiger partial charge in [-0.1, -0.05) is 30.3 Å². The number of hydrazone groups is 1. The number of ether oxygens (including phenoxy) is 3. The lowest BCUT2D eigenvalue weighted by Crippen LogP contribution is -2.37. The average Bonchev–Trinajstić information content (AvgIpc) is 2.71. The van der Waals surface area contributed by atoms with E-state index in [9.17, 15) is 9.59 Å². The largest absolute Gasteiger partial charge is 0.493 e. The lowest BCUT2D eigenvalue weighted by Gasteiger charge is -2.12. The molecule has 0 saturated heterocycles. The Hall–Kier alpha value is -3.55. The van der Waals surface area contributed by atoms with E-state index in [4.69, 9.17) is 14.2 Å². The normalized spacial score (nSPS) is 10.3. The van der Waals surface area contributed by atoms with Crippen molar-refractivity contribution in [1.82, 2.24) is 10.7 Å². The van der Waals surface area contributed by atoms with E-state index in [0.29, 0.717) is 22.8 Å². The van der Waals surface area contributed by atoms with Crippen molar-refractivity contribution in [2.75, 3.05) is 21.3 Å². The summed E-state index contributed by atoms with van der Waals surface area (Å²) < 4.78 is 15.7. The molecule has 8 nitrogen and oxygen atoms in total. The Labute approximate surface area is 157 Å². The third kappa shape index (κ3) is 5.46. The van der Waals surface area contributed by atoms with Crippen LogP contribution in [0.15, 0.2) is 47.6 Å². The zero-order chi connectivity index (χ0) is 19.6. The first-order valence-electron chi connectivity index (χ1n) is 8.04. The van der Waals surface area contributed by atoms with Gasteiger partial charge in [-0.05, 0) is 17.7 Å². The fourth-order valence-electron chi connectivity index (χ4n) is 2.25. The van der Waals surface area contributed by atoms with E-state index in [1.807, 2.05) is 30.3 Å². The van der Waals surface area contributed by atoms with Crippen LogP contribution in [0.2, 0.25) is 0 Å². The molecule has 8 heteroatoms. The predicted octanol–water partition coefficient (Wildman–Crippen LogP) is 1.48. The highest BCUT2D eigenvalue weighted by Gasteiger charge is 2.13. The summed E-state index contributed by atoms with van der Waals surface area (Å²) in [4.78, 5) is 23.6. The molecule has 27 heavy (non-hydrogen) atoms. The minimum atomic E-state index is -0.866. The molecule has 0 radical (unpaired) electrons. The third-order valence-corrected chi connectivity index (χ3v) is 3.57. The molecule has 0 aliphatic rings. The van der Waals surface area contributed by atoms with Crippen LogP contribution in [0.3, 0.4) is 0 Å². The second-order valence-electron chi connectivity index (χ2n) is 5.33. The van der Waals surface area contributed by atoms with Crippen molar-refractivity contribution in [2.45, 2.75) is 6.54 Å². The molecule has 0 aliphatic heterocycles. The van der Waals surface area contributed by atoms with Gasteiger partial charge in [-0.25, -0.2) is 5.43 Å². The van der Waals surface area contributed by atoms with E-state index in [1.165, 1.54) is 27.5 Å². The standard InChI is InChI=1S/C19H21N3O5/c1-25-15-9-14(10-16(26-2)17(15)27-3)12-21-22-19(24)18(23)20-11-13-7-5-4-6-8-13/h4-10,12H,11H2,1-3H3,(H,20,23)(H,22,24)/b21-12+. The molecule has 0 heterocycles. The first-order valence-corrected chi connectivity index (χ1v) is 8.04. The Kier molecular flexibility index (Phi) is 7.18. The molecule has 142 valence electrons. The maximum absolute atomic E-state index is 11.8. The van der Waals surface area contributed by atoms with Gasteiger partial charge in [0.25, 0.3) is 0 Å². The Morgan fingerprint density at radius 2 is 1.59 bits per heavy atom. The van der Waals surface area contributed by atoms with Crippen molar-refractivity contribution in [2.24, 2.45) is 5.10 Å². The molecule has 0 unspecified atom stereocenters. The fourth-order valence-corrected chi connectivity index (χ4v) is 2.25. The molecule has 2 amide bonds. The third-order valence-electron chi connectivity index (χ3n) is 3.57. The summed E-state index contributed by atoms with van der Waals surface area (Å²) in [5.74, 6) is -0.299. The van der Waals surface area contributed by atoms with Gasteiger partial charge in [0.2, 0.25) is 5.75 Å². The van der Waals surface area contributed by atoms with Crippen LogP contribution >= 0.6 is 0 Å². The van der Waals surface area contributed by atoms with E-state index >= 15 is 0 Å². The highest BCUT2D eigenvalue weighted by molar-refractivity contribution is 6.35. The van der Waals surface area contributed by atoms with Crippen molar-refractivity contribution in [1.29, 1.82) is 0 Å². The van der Waals surface area contributed by atoms with Gasteiger partial charge in [-0.2, -0.15) is 5.10 Å². The van der Waals surface area contributed by atoms with Gasteiger partial charge in [0.1, 0.15) is 0 Å². The van der Waals surface area contributed by atoms with Gasteiger partial charge in [0, 0.05) is 12.1 Å². The van der Waals surface area contributed by atoms with Crippen LogP contribution in [0.25, 0.3) is 0 Å². The number of amides is 2. The fraction of sp³-hybridized carbons (Fsp3) is 0.211. The van der Waals surface area contributed by atoms with Crippen LogP contribution in [0, 0.1) is 0 Å². The van der Waals surface area contributed by atoms with Gasteiger partial charge in [0.15, 0.2) is 11.5 Å². The van der Waals surface area contributed by atoms with Crippen molar-refractivity contribution < 1.29 is 23.8 Å². The second-order valence-corrected chi connectivity index (χ2v) is 5.33. The minimum absolute atomic E-state index is 0.254. The number of hydrogen-bond acceptors (Lipinski definition) is 6. The van der Waals surface area contributed by atoms with Crippen molar-refractivity contribution in [3.8, 4) is 17.2 Å². The number of carbonyl (C=O) groups is 2. The van der Waals surface area contributed by atoms with E-state index < -0.39 is 11.8 Å². The number of hydrogen-bond donors (Lipinski definition) is 2. The molecule has 0 atom stereocenters. The van der Waals surface area contributed by atoms with Gasteiger partial charge in [-0.15, -0.1) is 0 Å². The minimum Gasteiger partial charge on any atom is -0.493 e. The molecule has 0 aromatic heterocycles. The number of methoxy groups -OCH3 is 3. The van der Waals surface area contributed by atoms with Crippen LogP contribution < -0.4 is 25.0 Å². The maximum Gasteiger partial charge on any atom is 0.329 e. The van der Waals surface area contributed by atoms with E-state index in [0.717, 1.165) is 5.56 Å². The van der Waals surface area contributed by atoms with Crippen molar-refractivity contribution in [3.05, 3.63) is 53.6 Å². The van der Waals surface area contributed by atoms with Crippen LogP contribution in [0.5, 0.6) is 17.2 Å². The number of rotatable bonds is 7. The summed E-state index contributed by atoms with van der Waals surface area (Å²) in [5.41, 5.74) is 3.66. The first kappa shape index (κ1) is 19.8. The summed E-state index contributed by atoms with van der Waals surface area (Å²) >= 11 is 0. The summed E-state index contributed by atoms with van der Waals surface area (Å²) in [7, 11) is 4.50. The molecule has 2 N–H and O–H groups in total. The lowest BCUT2D eigenvalue weighted by atomic mass is 10.2. The van der Waals surface area contributed by atoms with Crippen LogP contribution in [0.1, 0.15) is 11.1 Å². The lowest BCUT2D eigenvalue weighted by molar-refractivity contribution is -0.139. The summed E-state index contributed by atoms with van der Waals surface area (Å²) in [6.07, 6.45) is 1.37. The Bertz CT molecular complexity index is 796. The van der Waals surface area contributed by atoms with E-state index in [2.05, 4.69) is 15.8 Å². The molecule has 0 spiro atoms. The van der Waals surface area contributed by atoms with Gasteiger partial charge < -0.3 is 19.5 Å². The SMILES string of the molecule is COc1cc(/C=N/NC(=O)C(=O)NCc2ccccc2)cc(OC)c1OC.